The second-order valence-electron chi connectivity index (χ2n) is 9.28. The highest BCUT2D eigenvalue weighted by Gasteiger charge is 2.37. The fourth-order valence-electron chi connectivity index (χ4n) is 5.03. The van der Waals surface area contributed by atoms with Crippen molar-refractivity contribution in [3.8, 4) is 5.75 Å². The average Bonchev–Trinajstić information content (AvgIpc) is 3.51. The van der Waals surface area contributed by atoms with Gasteiger partial charge in [-0.1, -0.05) is 36.7 Å². The number of nitrogens with zero attached hydrogens (tertiary/aromatic N) is 4. The molecule has 2 aliphatic rings. The van der Waals surface area contributed by atoms with Crippen molar-refractivity contribution in [3.05, 3.63) is 75.8 Å². The first-order valence-electron chi connectivity index (χ1n) is 12.3. The highest BCUT2D eigenvalue weighted by Crippen LogP contribution is 2.39. The van der Waals surface area contributed by atoms with Crippen LogP contribution in [0.25, 0.3) is 0 Å². The summed E-state index contributed by atoms with van der Waals surface area (Å²) in [4.78, 5) is 15.2. The van der Waals surface area contributed by atoms with E-state index in [1.54, 1.807) is 4.90 Å². The fraction of sp³-hybridized carbons (Fsp3) is 0.423. The molecule has 1 aromatic heterocycles. The number of rotatable bonds is 5. The van der Waals surface area contributed by atoms with E-state index in [9.17, 15) is 18.0 Å². The van der Waals surface area contributed by atoms with E-state index in [-0.39, 0.29) is 24.4 Å². The lowest BCUT2D eigenvalue weighted by molar-refractivity contribution is -0.137. The Morgan fingerprint density at radius 2 is 1.95 bits per heavy atom. The van der Waals surface area contributed by atoms with Gasteiger partial charge in [0.05, 0.1) is 30.8 Å². The Labute approximate surface area is 217 Å². The first kappa shape index (κ1) is 25.4. The number of aromatic nitrogens is 3. The molecule has 2 aliphatic heterocycles. The maximum absolute atomic E-state index is 13.4. The summed E-state index contributed by atoms with van der Waals surface area (Å²) >= 11 is 6.04. The topological polar surface area (TPSA) is 72.3 Å². The van der Waals surface area contributed by atoms with Crippen LogP contribution in [0, 0.1) is 0 Å². The summed E-state index contributed by atoms with van der Waals surface area (Å²) in [7, 11) is 0. The highest BCUT2D eigenvalue weighted by atomic mass is 35.5. The van der Waals surface area contributed by atoms with Crippen LogP contribution in [-0.4, -0.2) is 38.8 Å². The number of amides is 2. The number of aryl methyl sites for hydroxylation is 1. The summed E-state index contributed by atoms with van der Waals surface area (Å²) in [5.74, 6) is 1.71. The molecule has 5 rings (SSSR count). The predicted octanol–water partition coefficient (Wildman–Crippen LogP) is 5.93. The van der Waals surface area contributed by atoms with Gasteiger partial charge in [0.1, 0.15) is 11.6 Å². The number of halogens is 4. The second kappa shape index (κ2) is 10.2. The summed E-state index contributed by atoms with van der Waals surface area (Å²) in [6, 6.07) is 10.0. The molecule has 1 saturated heterocycles. The molecule has 196 valence electrons. The zero-order valence-electron chi connectivity index (χ0n) is 20.3. The van der Waals surface area contributed by atoms with Crippen LogP contribution in [0.4, 0.5) is 18.0 Å². The number of fused-ring (bicyclic) bond motifs is 1. The van der Waals surface area contributed by atoms with Gasteiger partial charge in [0.2, 0.25) is 0 Å². The molecule has 11 heteroatoms. The Morgan fingerprint density at radius 3 is 2.68 bits per heavy atom. The van der Waals surface area contributed by atoms with E-state index in [1.165, 1.54) is 6.07 Å². The third-order valence-corrected chi connectivity index (χ3v) is 7.17. The summed E-state index contributed by atoms with van der Waals surface area (Å²) < 4.78 is 47.0. The number of hydrogen-bond donors (Lipinski definition) is 1. The molecule has 1 N–H and O–H groups in total. The first-order chi connectivity index (χ1) is 17.7. The van der Waals surface area contributed by atoms with E-state index in [2.05, 4.69) is 20.1 Å². The number of carbonyl (C=O) groups is 1. The van der Waals surface area contributed by atoms with Crippen molar-refractivity contribution < 1.29 is 22.7 Å². The Bertz CT molecular complexity index is 1280. The van der Waals surface area contributed by atoms with Crippen molar-refractivity contribution in [1.82, 2.24) is 25.0 Å². The van der Waals surface area contributed by atoms with Crippen LogP contribution in [0.5, 0.6) is 5.75 Å². The Kier molecular flexibility index (Phi) is 7.02. The number of urea groups is 1. The maximum atomic E-state index is 13.4. The van der Waals surface area contributed by atoms with Crippen molar-refractivity contribution in [2.45, 2.75) is 57.4 Å². The molecule has 7 nitrogen and oxygen atoms in total. The molecule has 0 spiro atoms. The number of nitrogens with one attached hydrogen (secondary N) is 1. The molecule has 0 aliphatic carbocycles. The first-order valence-corrected chi connectivity index (χ1v) is 12.7. The van der Waals surface area contributed by atoms with Gasteiger partial charge in [-0.25, -0.2) is 4.79 Å². The third kappa shape index (κ3) is 5.25. The van der Waals surface area contributed by atoms with Crippen molar-refractivity contribution in [1.29, 1.82) is 0 Å². The number of carbonyl (C=O) groups excluding carboxylic acids is 1. The van der Waals surface area contributed by atoms with Gasteiger partial charge in [-0.3, -0.25) is 0 Å². The summed E-state index contributed by atoms with van der Waals surface area (Å²) in [5, 5.41) is 12.5. The van der Waals surface area contributed by atoms with Crippen molar-refractivity contribution in [2.75, 3.05) is 13.2 Å². The standard InChI is InChI=1S/C26H27ClF3N5O2/c1-2-23-32-33-24(35(23)15-16-5-8-18(27)9-6-16)21-4-3-12-34(21)25(36)31-20-11-13-37-22-14-17(26(28,29)30)7-10-19(20)22/h5-10,14,20-21H,2-4,11-13,15H2,1H3,(H,31,36)/t20?,21-/m1/s1. The van der Waals surface area contributed by atoms with E-state index < -0.39 is 17.8 Å². The Balaban J connectivity index is 1.36. The minimum atomic E-state index is -4.46. The van der Waals surface area contributed by atoms with E-state index >= 15 is 0 Å². The van der Waals surface area contributed by atoms with E-state index in [0.717, 1.165) is 42.2 Å². The van der Waals surface area contributed by atoms with Crippen LogP contribution in [0.2, 0.25) is 5.02 Å². The highest BCUT2D eigenvalue weighted by molar-refractivity contribution is 6.30. The molecule has 0 radical (unpaired) electrons. The number of benzene rings is 2. The lowest BCUT2D eigenvalue weighted by Gasteiger charge is -2.31. The van der Waals surface area contributed by atoms with Gasteiger partial charge in [-0.15, -0.1) is 10.2 Å². The van der Waals surface area contributed by atoms with Crippen molar-refractivity contribution in [2.24, 2.45) is 0 Å². The smallest absolute Gasteiger partial charge is 0.416 e. The lowest BCUT2D eigenvalue weighted by atomic mass is 9.98. The van der Waals surface area contributed by atoms with Crippen LogP contribution in [-0.2, 0) is 19.1 Å². The van der Waals surface area contributed by atoms with Crippen LogP contribution >= 0.6 is 11.6 Å². The molecule has 2 aromatic carbocycles. The zero-order valence-corrected chi connectivity index (χ0v) is 21.0. The van der Waals surface area contributed by atoms with Gasteiger partial charge >= 0.3 is 12.2 Å². The lowest BCUT2D eigenvalue weighted by Crippen LogP contribution is -2.43. The van der Waals surface area contributed by atoms with Gasteiger partial charge in [-0.2, -0.15) is 13.2 Å². The van der Waals surface area contributed by atoms with E-state index in [4.69, 9.17) is 16.3 Å². The average molecular weight is 534 g/mol. The van der Waals surface area contributed by atoms with E-state index in [0.29, 0.717) is 36.5 Å². The minimum Gasteiger partial charge on any atom is -0.493 e. The predicted molar refractivity (Wildman–Crippen MR) is 131 cm³/mol. The monoisotopic (exact) mass is 533 g/mol. The van der Waals surface area contributed by atoms with Crippen LogP contribution in [0.3, 0.4) is 0 Å². The molecule has 37 heavy (non-hydrogen) atoms. The molecule has 0 saturated carbocycles. The van der Waals surface area contributed by atoms with Gasteiger partial charge in [0.15, 0.2) is 5.82 Å². The number of ether oxygens (including phenoxy) is 1. The molecule has 2 amide bonds. The SMILES string of the molecule is CCc1nnc([C@H]2CCCN2C(=O)NC2CCOc3cc(C(F)(F)F)ccc32)n1Cc1ccc(Cl)cc1. The fourth-order valence-corrected chi connectivity index (χ4v) is 5.15. The van der Waals surface area contributed by atoms with Crippen LogP contribution < -0.4 is 10.1 Å². The Hall–Kier alpha value is -3.27. The molecule has 0 bridgehead atoms. The summed E-state index contributed by atoms with van der Waals surface area (Å²) in [6.07, 6.45) is -1.74. The number of hydrogen-bond acceptors (Lipinski definition) is 4. The van der Waals surface area contributed by atoms with Gasteiger partial charge in [0, 0.05) is 30.0 Å². The maximum Gasteiger partial charge on any atom is 0.416 e. The molecule has 1 unspecified atom stereocenters. The molecule has 1 fully saturated rings. The molecule has 3 aromatic rings. The van der Waals surface area contributed by atoms with Gasteiger partial charge < -0.3 is 19.5 Å². The Morgan fingerprint density at radius 1 is 1.16 bits per heavy atom. The molecule has 2 atom stereocenters. The normalized spacial score (nSPS) is 19.4. The molecular formula is C26H27ClF3N5O2. The van der Waals surface area contributed by atoms with Gasteiger partial charge in [0.25, 0.3) is 0 Å². The number of likely N-dealkylation sites (tertiary alicyclic amines) is 1. The number of alkyl halides is 3. The largest absolute Gasteiger partial charge is 0.493 e. The molecular weight excluding hydrogens is 507 g/mol. The summed E-state index contributed by atoms with van der Waals surface area (Å²) in [6.45, 7) is 3.34. The van der Waals surface area contributed by atoms with E-state index in [1.807, 2.05) is 31.2 Å². The van der Waals surface area contributed by atoms with Crippen molar-refractivity contribution in [3.63, 3.8) is 0 Å². The quantitative estimate of drug-likeness (QED) is 0.441. The minimum absolute atomic E-state index is 0.152. The van der Waals surface area contributed by atoms with Crippen LogP contribution in [0.15, 0.2) is 42.5 Å². The third-order valence-electron chi connectivity index (χ3n) is 6.92. The van der Waals surface area contributed by atoms with Crippen LogP contribution in [0.1, 0.15) is 66.6 Å². The van der Waals surface area contributed by atoms with Crippen molar-refractivity contribution >= 4 is 17.6 Å². The second-order valence-corrected chi connectivity index (χ2v) is 9.72. The zero-order chi connectivity index (χ0) is 26.2. The summed E-state index contributed by atoms with van der Waals surface area (Å²) in [5.41, 5.74) is 0.818. The van der Waals surface area contributed by atoms with Gasteiger partial charge in [-0.05, 0) is 42.7 Å². The molecule has 3 heterocycles.